The number of amidine groups is 1. The number of piperidine rings is 1. The summed E-state index contributed by atoms with van der Waals surface area (Å²) in [7, 11) is 0. The second-order valence-corrected chi connectivity index (χ2v) is 9.47. The zero-order valence-electron chi connectivity index (χ0n) is 18.3. The molecule has 0 radical (unpaired) electrons. The van der Waals surface area contributed by atoms with E-state index in [9.17, 15) is 9.00 Å². The molecule has 0 spiro atoms. The molecule has 3 heterocycles. The maximum absolute atomic E-state index is 12.9. The van der Waals surface area contributed by atoms with Gasteiger partial charge in [-0.2, -0.15) is 4.40 Å². The summed E-state index contributed by atoms with van der Waals surface area (Å²) in [4.78, 5) is 19.6. The fraction of sp³-hybridized carbons (Fsp3) is 0.409. The third-order valence-corrected chi connectivity index (χ3v) is 6.15. The third-order valence-electron chi connectivity index (χ3n) is 5.39. The number of pyridine rings is 1. The van der Waals surface area contributed by atoms with Crippen LogP contribution in [0.3, 0.4) is 0 Å². The first-order chi connectivity index (χ1) is 15.3. The maximum Gasteiger partial charge on any atom is 0.252 e. The van der Waals surface area contributed by atoms with Crippen LogP contribution in [0.2, 0.25) is 0 Å². The van der Waals surface area contributed by atoms with Crippen LogP contribution in [-0.4, -0.2) is 46.2 Å². The molecular weight excluding hydrogens is 428 g/mol. The lowest BCUT2D eigenvalue weighted by atomic mass is 10.1. The van der Waals surface area contributed by atoms with E-state index >= 15 is 0 Å². The largest absolute Gasteiger partial charge is 0.490 e. The fourth-order valence-corrected chi connectivity index (χ4v) is 4.46. The summed E-state index contributed by atoms with van der Waals surface area (Å²) < 4.78 is 24.3. The highest BCUT2D eigenvalue weighted by Gasteiger charge is 2.26. The summed E-state index contributed by atoms with van der Waals surface area (Å²) >= 11 is -1.60. The predicted molar refractivity (Wildman–Crippen MR) is 126 cm³/mol. The quantitative estimate of drug-likeness (QED) is 0.613. The monoisotopic (exact) mass is 456 g/mol. The van der Waals surface area contributed by atoms with Crippen molar-refractivity contribution in [1.29, 1.82) is 0 Å². The van der Waals surface area contributed by atoms with Gasteiger partial charge in [0.25, 0.3) is 5.91 Å². The number of amides is 1. The van der Waals surface area contributed by atoms with Gasteiger partial charge < -0.3 is 20.7 Å². The number of nitrogens with zero attached hydrogens (tertiary/aromatic N) is 3. The fourth-order valence-electron chi connectivity index (χ4n) is 3.78. The number of aromatic nitrogens is 1. The highest BCUT2D eigenvalue weighted by molar-refractivity contribution is 7.85. The van der Waals surface area contributed by atoms with Crippen molar-refractivity contribution in [2.45, 2.75) is 38.6 Å². The van der Waals surface area contributed by atoms with E-state index in [1.165, 1.54) is 6.42 Å². The summed E-state index contributed by atoms with van der Waals surface area (Å²) in [6.45, 7) is 5.91. The van der Waals surface area contributed by atoms with Gasteiger partial charge in [0.05, 0.1) is 16.8 Å². The number of anilines is 2. The minimum absolute atomic E-state index is 0.150. The molecule has 10 heteroatoms. The van der Waals surface area contributed by atoms with Crippen molar-refractivity contribution in [2.24, 2.45) is 10.1 Å². The first-order valence-electron chi connectivity index (χ1n) is 10.6. The van der Waals surface area contributed by atoms with Crippen molar-refractivity contribution in [3.63, 3.8) is 0 Å². The van der Waals surface area contributed by atoms with Crippen LogP contribution >= 0.6 is 0 Å². The van der Waals surface area contributed by atoms with Crippen molar-refractivity contribution in [1.82, 2.24) is 10.3 Å². The highest BCUT2D eigenvalue weighted by Crippen LogP contribution is 2.30. The second kappa shape index (κ2) is 9.15. The molecule has 1 atom stereocenters. The van der Waals surface area contributed by atoms with Gasteiger partial charge in [0, 0.05) is 24.8 Å². The van der Waals surface area contributed by atoms with E-state index in [2.05, 4.69) is 24.3 Å². The number of hydrogen-bond acceptors (Lipinski definition) is 6. The van der Waals surface area contributed by atoms with E-state index in [1.54, 1.807) is 30.5 Å². The molecule has 4 N–H and O–H groups in total. The van der Waals surface area contributed by atoms with Gasteiger partial charge in [0.15, 0.2) is 0 Å². The molecule has 0 aliphatic carbocycles. The number of benzene rings is 1. The number of fused-ring (bicyclic) bond motifs is 1. The van der Waals surface area contributed by atoms with Crippen LogP contribution in [0.1, 0.15) is 49.0 Å². The molecular formula is C22H28N6O3S. The lowest BCUT2D eigenvalue weighted by Crippen LogP contribution is -2.48. The Hall–Kier alpha value is -3.14. The first kappa shape index (κ1) is 22.1. The molecule has 2 aliphatic heterocycles. The van der Waals surface area contributed by atoms with Crippen LogP contribution in [0.5, 0.6) is 5.75 Å². The summed E-state index contributed by atoms with van der Waals surface area (Å²) in [5.41, 5.74) is 7.03. The Labute approximate surface area is 190 Å². The molecule has 1 aromatic carbocycles. The van der Waals surface area contributed by atoms with Crippen molar-refractivity contribution < 1.29 is 13.7 Å². The Morgan fingerprint density at radius 2 is 2.06 bits per heavy atom. The van der Waals surface area contributed by atoms with Gasteiger partial charge >= 0.3 is 0 Å². The van der Waals surface area contributed by atoms with E-state index in [1.807, 2.05) is 19.9 Å². The molecule has 170 valence electrons. The Kier molecular flexibility index (Phi) is 6.31. The normalized spacial score (nSPS) is 18.2. The van der Waals surface area contributed by atoms with Crippen LogP contribution in [0.4, 0.5) is 11.5 Å². The number of nitrogens with two attached hydrogens (primary N) is 1. The first-order valence-corrected chi connectivity index (χ1v) is 11.8. The lowest BCUT2D eigenvalue weighted by Gasteiger charge is -2.29. The van der Waals surface area contributed by atoms with Crippen molar-refractivity contribution >= 4 is 34.4 Å². The van der Waals surface area contributed by atoms with E-state index in [0.717, 1.165) is 31.7 Å². The van der Waals surface area contributed by atoms with Crippen LogP contribution in [-0.2, 0) is 11.2 Å². The van der Waals surface area contributed by atoms with Gasteiger partial charge in [0.1, 0.15) is 24.0 Å². The summed E-state index contributed by atoms with van der Waals surface area (Å²) in [5.74, 6) is 1.30. The Morgan fingerprint density at radius 1 is 1.28 bits per heavy atom. The number of carbonyl (C=O) groups is 1. The summed E-state index contributed by atoms with van der Waals surface area (Å²) in [6, 6.07) is 8.87. The van der Waals surface area contributed by atoms with Crippen LogP contribution in [0.25, 0.3) is 0 Å². The van der Waals surface area contributed by atoms with Gasteiger partial charge in [-0.05, 0) is 57.4 Å². The minimum Gasteiger partial charge on any atom is -0.490 e. The molecule has 32 heavy (non-hydrogen) atoms. The molecule has 2 aliphatic rings. The Balaban J connectivity index is 1.43. The summed E-state index contributed by atoms with van der Waals surface area (Å²) in [5, 5.41) is 3.04. The van der Waals surface area contributed by atoms with Crippen molar-refractivity contribution in [3.8, 4) is 5.75 Å². The average molecular weight is 457 g/mol. The molecule has 1 amide bonds. The van der Waals surface area contributed by atoms with Gasteiger partial charge in [-0.25, -0.2) is 9.19 Å². The van der Waals surface area contributed by atoms with Gasteiger partial charge in [-0.15, -0.1) is 0 Å². The second-order valence-electron chi connectivity index (χ2n) is 8.58. The zero-order chi connectivity index (χ0) is 22.7. The molecule has 1 saturated heterocycles. The third kappa shape index (κ3) is 5.01. The molecule has 9 nitrogen and oxygen atoms in total. The SMILES string of the molecule is CC(C)(COc1cccc2c1C(N)=NS(=O)N2)NC(=O)c1ccnc(N2CCCCC2)c1. The molecule has 1 fully saturated rings. The van der Waals surface area contributed by atoms with E-state index in [-0.39, 0.29) is 18.3 Å². The van der Waals surface area contributed by atoms with Crippen LogP contribution < -0.4 is 25.4 Å². The summed E-state index contributed by atoms with van der Waals surface area (Å²) in [6.07, 6.45) is 5.21. The van der Waals surface area contributed by atoms with Crippen LogP contribution in [0.15, 0.2) is 40.9 Å². The number of hydrogen-bond donors (Lipinski definition) is 3. The zero-order valence-corrected chi connectivity index (χ0v) is 19.1. The molecule has 4 rings (SSSR count). The number of carbonyl (C=O) groups excluding carboxylic acids is 1. The average Bonchev–Trinajstić information content (AvgIpc) is 2.78. The van der Waals surface area contributed by atoms with Gasteiger partial charge in [-0.3, -0.25) is 9.52 Å². The lowest BCUT2D eigenvalue weighted by molar-refractivity contribution is 0.0880. The molecule has 0 saturated carbocycles. The van der Waals surface area contributed by atoms with Gasteiger partial charge in [-0.1, -0.05) is 6.07 Å². The highest BCUT2D eigenvalue weighted by atomic mass is 32.2. The smallest absolute Gasteiger partial charge is 0.252 e. The number of ether oxygens (including phenoxy) is 1. The van der Waals surface area contributed by atoms with E-state index in [4.69, 9.17) is 10.5 Å². The standard InChI is InChI=1S/C22H28N6O3S/c1-22(2,14-31-17-8-6-7-16-19(17)20(23)27-32(30)26-16)25-21(29)15-9-10-24-18(13-15)28-11-4-3-5-12-28/h6-10,13,26H,3-5,11-12,14H2,1-2H3,(H2,23,27)(H,25,29). The minimum atomic E-state index is -1.60. The van der Waals surface area contributed by atoms with E-state index in [0.29, 0.717) is 22.6 Å². The molecule has 2 aromatic rings. The number of rotatable bonds is 6. The molecule has 1 aromatic heterocycles. The Morgan fingerprint density at radius 3 is 2.84 bits per heavy atom. The van der Waals surface area contributed by atoms with Crippen molar-refractivity contribution in [2.75, 3.05) is 29.3 Å². The van der Waals surface area contributed by atoms with Crippen LogP contribution in [0, 0.1) is 0 Å². The predicted octanol–water partition coefficient (Wildman–Crippen LogP) is 2.37. The Bertz CT molecular complexity index is 1070. The van der Waals surface area contributed by atoms with E-state index < -0.39 is 16.7 Å². The van der Waals surface area contributed by atoms with Crippen molar-refractivity contribution in [3.05, 3.63) is 47.7 Å². The number of nitrogens with one attached hydrogen (secondary N) is 2. The van der Waals surface area contributed by atoms with Gasteiger partial charge in [0.2, 0.25) is 11.2 Å². The molecule has 1 unspecified atom stereocenters. The maximum atomic E-state index is 12.9. The topological polar surface area (TPSA) is 122 Å². The molecule has 0 bridgehead atoms.